The van der Waals surface area contributed by atoms with Crippen LogP contribution in [0.15, 0.2) is 70.1 Å². The number of carboxylic acid groups (broad SMARTS) is 1. The zero-order valence-corrected chi connectivity index (χ0v) is 16.4. The Hall–Kier alpha value is -3.13. The minimum absolute atomic E-state index is 0.0213. The van der Waals surface area contributed by atoms with Gasteiger partial charge in [-0.05, 0) is 31.0 Å². The van der Waals surface area contributed by atoms with E-state index >= 15 is 0 Å². The van der Waals surface area contributed by atoms with Gasteiger partial charge in [-0.25, -0.2) is 4.79 Å². The predicted molar refractivity (Wildman–Crippen MR) is 107 cm³/mol. The van der Waals surface area contributed by atoms with Crippen LogP contribution in [0.25, 0.3) is 0 Å². The SMILES string of the molecule is CC12CC(=O)N1C(C(=O)O)=C(Sc1ccc([N+](=O)[O-])cc1)C2Cc1ccccc1. The van der Waals surface area contributed by atoms with Gasteiger partial charge in [0.25, 0.3) is 5.69 Å². The number of nitrogens with zero attached hydrogens (tertiary/aromatic N) is 2. The molecule has 2 aliphatic rings. The zero-order valence-electron chi connectivity index (χ0n) is 15.6. The lowest BCUT2D eigenvalue weighted by atomic mass is 9.75. The van der Waals surface area contributed by atoms with E-state index in [1.54, 1.807) is 12.1 Å². The molecule has 0 bridgehead atoms. The number of β-lactam (4-membered cyclic amide) rings is 1. The average molecular weight is 410 g/mol. The maximum atomic E-state index is 12.3. The topological polar surface area (TPSA) is 101 Å². The van der Waals surface area contributed by atoms with Gasteiger partial charge in [0, 0.05) is 27.9 Å². The molecule has 1 saturated heterocycles. The molecule has 7 nitrogen and oxygen atoms in total. The van der Waals surface area contributed by atoms with Crippen LogP contribution in [0.1, 0.15) is 18.9 Å². The lowest BCUT2D eigenvalue weighted by molar-refractivity contribution is -0.384. The van der Waals surface area contributed by atoms with Crippen molar-refractivity contribution in [1.82, 2.24) is 4.90 Å². The van der Waals surface area contributed by atoms with Crippen LogP contribution in [0.3, 0.4) is 0 Å². The summed E-state index contributed by atoms with van der Waals surface area (Å²) in [6.45, 7) is 1.92. The van der Waals surface area contributed by atoms with E-state index in [1.165, 1.54) is 28.8 Å². The third-order valence-corrected chi connectivity index (χ3v) is 6.76. The van der Waals surface area contributed by atoms with E-state index in [2.05, 4.69) is 0 Å². The lowest BCUT2D eigenvalue weighted by Crippen LogP contribution is -2.62. The average Bonchev–Trinajstić information content (AvgIpc) is 2.87. The number of nitro benzene ring substituents is 1. The number of amides is 1. The van der Waals surface area contributed by atoms with Crippen molar-refractivity contribution in [3.63, 3.8) is 0 Å². The lowest BCUT2D eigenvalue weighted by Gasteiger charge is -2.48. The fourth-order valence-electron chi connectivity index (χ4n) is 4.12. The summed E-state index contributed by atoms with van der Waals surface area (Å²) < 4.78 is 0. The molecule has 0 aromatic heterocycles. The minimum Gasteiger partial charge on any atom is -0.477 e. The van der Waals surface area contributed by atoms with Crippen LogP contribution in [0, 0.1) is 16.0 Å². The summed E-state index contributed by atoms with van der Waals surface area (Å²) in [5.74, 6) is -1.50. The van der Waals surface area contributed by atoms with Gasteiger partial charge in [0.05, 0.1) is 16.9 Å². The molecule has 29 heavy (non-hydrogen) atoms. The van der Waals surface area contributed by atoms with Gasteiger partial charge in [0.15, 0.2) is 0 Å². The summed E-state index contributed by atoms with van der Waals surface area (Å²) in [6.07, 6.45) is 0.902. The summed E-state index contributed by atoms with van der Waals surface area (Å²) in [6, 6.07) is 15.8. The van der Waals surface area contributed by atoms with Crippen LogP contribution in [-0.4, -0.2) is 32.3 Å². The number of hydrogen-bond acceptors (Lipinski definition) is 5. The molecule has 148 valence electrons. The first-order chi connectivity index (χ1) is 13.8. The number of carbonyl (C=O) groups excluding carboxylic acids is 1. The van der Waals surface area contributed by atoms with Crippen LogP contribution in [0.4, 0.5) is 5.69 Å². The van der Waals surface area contributed by atoms with Crippen molar-refractivity contribution in [1.29, 1.82) is 0 Å². The van der Waals surface area contributed by atoms with Crippen molar-refractivity contribution in [3.05, 3.63) is 80.9 Å². The quantitative estimate of drug-likeness (QED) is 0.441. The molecule has 2 atom stereocenters. The Labute approximate surface area is 171 Å². The fourth-order valence-corrected chi connectivity index (χ4v) is 5.40. The Morgan fingerprint density at radius 3 is 2.45 bits per heavy atom. The number of carboxylic acids is 1. The van der Waals surface area contributed by atoms with E-state index in [0.717, 1.165) is 5.56 Å². The molecule has 2 aromatic carbocycles. The summed E-state index contributed by atoms with van der Waals surface area (Å²) in [5, 5.41) is 20.8. The third-order valence-electron chi connectivity index (χ3n) is 5.55. The highest BCUT2D eigenvalue weighted by molar-refractivity contribution is 8.03. The Balaban J connectivity index is 1.74. The van der Waals surface area contributed by atoms with Crippen molar-refractivity contribution in [2.45, 2.75) is 30.2 Å². The van der Waals surface area contributed by atoms with Gasteiger partial charge in [0.2, 0.25) is 5.91 Å². The molecule has 2 unspecified atom stereocenters. The second kappa shape index (κ2) is 7.04. The van der Waals surface area contributed by atoms with E-state index in [-0.39, 0.29) is 23.2 Å². The van der Waals surface area contributed by atoms with Crippen LogP contribution < -0.4 is 0 Å². The molecule has 1 fully saturated rings. The molecule has 0 spiro atoms. The summed E-state index contributed by atoms with van der Waals surface area (Å²) >= 11 is 1.27. The first-order valence-corrected chi connectivity index (χ1v) is 9.89. The predicted octanol–water partition coefficient (Wildman–Crippen LogP) is 3.85. The molecule has 2 aliphatic heterocycles. The maximum Gasteiger partial charge on any atom is 0.353 e. The van der Waals surface area contributed by atoms with E-state index in [9.17, 15) is 24.8 Å². The van der Waals surface area contributed by atoms with Crippen LogP contribution in [0.2, 0.25) is 0 Å². The van der Waals surface area contributed by atoms with Crippen LogP contribution >= 0.6 is 11.8 Å². The summed E-state index contributed by atoms with van der Waals surface area (Å²) in [5.41, 5.74) is 0.475. The van der Waals surface area contributed by atoms with Crippen LogP contribution in [0.5, 0.6) is 0 Å². The van der Waals surface area contributed by atoms with E-state index in [1.807, 2.05) is 37.3 Å². The number of hydrogen-bond donors (Lipinski definition) is 1. The molecule has 1 N–H and O–H groups in total. The molecule has 0 saturated carbocycles. The maximum absolute atomic E-state index is 12.3. The molecule has 2 aromatic rings. The largest absolute Gasteiger partial charge is 0.477 e. The van der Waals surface area contributed by atoms with Crippen molar-refractivity contribution in [2.24, 2.45) is 5.92 Å². The minimum atomic E-state index is -1.13. The Kier molecular flexibility index (Phi) is 4.66. The number of fused-ring (bicyclic) bond motifs is 1. The molecule has 0 radical (unpaired) electrons. The number of benzene rings is 2. The Morgan fingerprint density at radius 1 is 1.24 bits per heavy atom. The van der Waals surface area contributed by atoms with Crippen molar-refractivity contribution in [3.8, 4) is 0 Å². The van der Waals surface area contributed by atoms with Crippen molar-refractivity contribution in [2.75, 3.05) is 0 Å². The van der Waals surface area contributed by atoms with Crippen molar-refractivity contribution >= 4 is 29.3 Å². The summed E-state index contributed by atoms with van der Waals surface area (Å²) in [4.78, 5) is 37.5. The molecule has 4 rings (SSSR count). The molecule has 2 heterocycles. The van der Waals surface area contributed by atoms with Crippen LogP contribution in [-0.2, 0) is 16.0 Å². The standard InChI is InChI=1S/C21H18N2O5S/c1-21-12-17(24)22(21)18(20(25)26)19(16(21)11-13-5-3-2-4-6-13)29-15-9-7-14(8-10-15)23(27)28/h2-10,16H,11-12H2,1H3,(H,25,26). The highest BCUT2D eigenvalue weighted by Crippen LogP contribution is 2.56. The number of nitro groups is 1. The number of rotatable bonds is 6. The van der Waals surface area contributed by atoms with Gasteiger partial charge < -0.3 is 5.11 Å². The van der Waals surface area contributed by atoms with Gasteiger partial charge in [-0.1, -0.05) is 42.1 Å². The highest BCUT2D eigenvalue weighted by Gasteiger charge is 2.61. The first-order valence-electron chi connectivity index (χ1n) is 9.08. The first kappa shape index (κ1) is 19.2. The van der Waals surface area contributed by atoms with Gasteiger partial charge in [0.1, 0.15) is 5.70 Å². The molecule has 1 amide bonds. The van der Waals surface area contributed by atoms with Gasteiger partial charge >= 0.3 is 5.97 Å². The highest BCUT2D eigenvalue weighted by atomic mass is 32.2. The Bertz CT molecular complexity index is 1030. The normalized spacial score (nSPS) is 23.0. The molecule has 0 aliphatic carbocycles. The van der Waals surface area contributed by atoms with E-state index in [4.69, 9.17) is 0 Å². The zero-order chi connectivity index (χ0) is 20.8. The molecular formula is C21H18N2O5S. The monoisotopic (exact) mass is 410 g/mol. The van der Waals surface area contributed by atoms with E-state index < -0.39 is 16.4 Å². The van der Waals surface area contributed by atoms with Crippen molar-refractivity contribution < 1.29 is 19.6 Å². The second-order valence-corrected chi connectivity index (χ2v) is 8.49. The second-order valence-electron chi connectivity index (χ2n) is 7.38. The molecular weight excluding hydrogens is 392 g/mol. The third kappa shape index (κ3) is 3.19. The number of carbonyl (C=O) groups is 2. The smallest absolute Gasteiger partial charge is 0.353 e. The number of aliphatic carboxylic acids is 1. The van der Waals surface area contributed by atoms with Gasteiger partial charge in [-0.3, -0.25) is 19.8 Å². The summed E-state index contributed by atoms with van der Waals surface area (Å²) in [7, 11) is 0. The number of thioether (sulfide) groups is 1. The van der Waals surface area contributed by atoms with Gasteiger partial charge in [-0.2, -0.15) is 0 Å². The van der Waals surface area contributed by atoms with E-state index in [0.29, 0.717) is 22.6 Å². The Morgan fingerprint density at radius 2 is 1.90 bits per heavy atom. The van der Waals surface area contributed by atoms with Gasteiger partial charge in [-0.15, -0.1) is 0 Å². The fraction of sp³-hybridized carbons (Fsp3) is 0.238. The molecule has 8 heteroatoms. The number of non-ortho nitro benzene ring substituents is 1.